The normalized spacial score (nSPS) is 50.5. The van der Waals surface area contributed by atoms with Gasteiger partial charge in [-0.15, -0.1) is 0 Å². The van der Waals surface area contributed by atoms with Gasteiger partial charge in [0.25, 0.3) is 0 Å². The summed E-state index contributed by atoms with van der Waals surface area (Å²) in [7, 11) is 0. The van der Waals surface area contributed by atoms with Crippen LogP contribution in [0.2, 0.25) is 0 Å². The van der Waals surface area contributed by atoms with Crippen LogP contribution in [0, 0.1) is 34.5 Å². The first-order valence-corrected chi connectivity index (χ1v) is 11.0. The van der Waals surface area contributed by atoms with Gasteiger partial charge in [-0.3, -0.25) is 9.59 Å². The summed E-state index contributed by atoms with van der Waals surface area (Å²) in [5.41, 5.74) is 0.119. The summed E-state index contributed by atoms with van der Waals surface area (Å²) >= 11 is 0. The van der Waals surface area contributed by atoms with Crippen molar-refractivity contribution >= 4 is 11.8 Å². The molecule has 0 aromatic carbocycles. The number of ether oxygens (including phenoxy) is 1. The average Bonchev–Trinajstić information content (AvgIpc) is 2.90. The van der Waals surface area contributed by atoms with Crippen molar-refractivity contribution in [3.63, 3.8) is 0 Å². The predicted molar refractivity (Wildman–Crippen MR) is 102 cm³/mol. The standard InChI is InChI=1S/C23H36O3/c1-5-23(26-15(2)24)13-12-21(3)16(14-23)6-7-17-18-8-9-20(25)22(18,4)11-10-19(17)21/h16-19H,5-14H2,1-4H3/t16-,17-,18+,19-,21-,22-,23-/m0/s1. The minimum atomic E-state index is -0.227. The Morgan fingerprint density at radius 3 is 2.54 bits per heavy atom. The van der Waals surface area contributed by atoms with Crippen molar-refractivity contribution in [2.45, 2.75) is 97.5 Å². The van der Waals surface area contributed by atoms with E-state index in [9.17, 15) is 9.59 Å². The second-order valence-corrected chi connectivity index (χ2v) is 10.4. The molecule has 0 saturated heterocycles. The molecule has 0 spiro atoms. The SMILES string of the molecule is CC[C@]1(OC(C)=O)CC[C@@]2(C)[C@@H](CC[C@H]3[C@H]4CCC(=O)[C@@]4(C)CC[C@@H]32)C1. The Bertz CT molecular complexity index is 613. The molecule has 4 fully saturated rings. The molecule has 146 valence electrons. The zero-order chi connectivity index (χ0) is 18.7. The number of esters is 1. The topological polar surface area (TPSA) is 43.4 Å². The molecule has 0 N–H and O–H groups in total. The van der Waals surface area contributed by atoms with Crippen molar-refractivity contribution < 1.29 is 14.3 Å². The second-order valence-electron chi connectivity index (χ2n) is 10.4. The zero-order valence-electron chi connectivity index (χ0n) is 17.1. The summed E-state index contributed by atoms with van der Waals surface area (Å²) in [6.07, 6.45) is 11.0. The number of ketones is 1. The molecule has 0 radical (unpaired) electrons. The van der Waals surface area contributed by atoms with Gasteiger partial charge in [0.2, 0.25) is 0 Å². The number of hydrogen-bond acceptors (Lipinski definition) is 3. The van der Waals surface area contributed by atoms with Crippen LogP contribution in [0.5, 0.6) is 0 Å². The molecular weight excluding hydrogens is 324 g/mol. The Morgan fingerprint density at radius 1 is 1.08 bits per heavy atom. The molecule has 0 heterocycles. The van der Waals surface area contributed by atoms with E-state index >= 15 is 0 Å². The summed E-state index contributed by atoms with van der Waals surface area (Å²) in [5.74, 6) is 3.21. The predicted octanol–water partition coefficient (Wildman–Crippen LogP) is 5.31. The first kappa shape index (κ1) is 18.5. The molecule has 3 nitrogen and oxygen atoms in total. The molecule has 7 atom stereocenters. The van der Waals surface area contributed by atoms with Crippen molar-refractivity contribution in [1.82, 2.24) is 0 Å². The maximum atomic E-state index is 12.5. The lowest BCUT2D eigenvalue weighted by Crippen LogP contribution is -2.56. The molecule has 0 amide bonds. The Morgan fingerprint density at radius 2 is 1.85 bits per heavy atom. The lowest BCUT2D eigenvalue weighted by molar-refractivity contribution is -0.182. The maximum Gasteiger partial charge on any atom is 0.303 e. The Balaban J connectivity index is 1.58. The summed E-state index contributed by atoms with van der Waals surface area (Å²) in [5, 5.41) is 0. The van der Waals surface area contributed by atoms with E-state index in [1.54, 1.807) is 6.92 Å². The van der Waals surface area contributed by atoms with Crippen LogP contribution in [-0.2, 0) is 14.3 Å². The van der Waals surface area contributed by atoms with E-state index < -0.39 is 0 Å². The smallest absolute Gasteiger partial charge is 0.303 e. The molecule has 26 heavy (non-hydrogen) atoms. The van der Waals surface area contributed by atoms with Gasteiger partial charge in [0.1, 0.15) is 11.4 Å². The molecule has 0 aromatic rings. The van der Waals surface area contributed by atoms with Crippen molar-refractivity contribution in [3.8, 4) is 0 Å². The minimum absolute atomic E-state index is 0.0239. The number of carbonyl (C=O) groups is 2. The Labute approximate surface area is 158 Å². The van der Waals surface area contributed by atoms with Crippen LogP contribution in [0.4, 0.5) is 0 Å². The minimum Gasteiger partial charge on any atom is -0.459 e. The van der Waals surface area contributed by atoms with Crippen LogP contribution in [-0.4, -0.2) is 17.4 Å². The number of fused-ring (bicyclic) bond motifs is 5. The van der Waals surface area contributed by atoms with E-state index in [0.29, 0.717) is 23.0 Å². The number of carbonyl (C=O) groups excluding carboxylic acids is 2. The first-order chi connectivity index (χ1) is 12.2. The second kappa shape index (κ2) is 6.07. The highest BCUT2D eigenvalue weighted by Crippen LogP contribution is 2.66. The third kappa shape index (κ3) is 2.52. The maximum absolute atomic E-state index is 12.5. The van der Waals surface area contributed by atoms with E-state index in [1.807, 2.05) is 0 Å². The van der Waals surface area contributed by atoms with Gasteiger partial charge in [-0.2, -0.15) is 0 Å². The summed E-state index contributed by atoms with van der Waals surface area (Å²) in [4.78, 5) is 24.2. The summed E-state index contributed by atoms with van der Waals surface area (Å²) < 4.78 is 5.87. The third-order valence-electron chi connectivity index (χ3n) is 9.52. The first-order valence-electron chi connectivity index (χ1n) is 11.0. The van der Waals surface area contributed by atoms with Gasteiger partial charge in [0.15, 0.2) is 0 Å². The van der Waals surface area contributed by atoms with E-state index in [0.717, 1.165) is 50.4 Å². The average molecular weight is 361 g/mol. The lowest BCUT2D eigenvalue weighted by atomic mass is 9.44. The number of hydrogen-bond donors (Lipinski definition) is 0. The van der Waals surface area contributed by atoms with Crippen LogP contribution in [0.25, 0.3) is 0 Å². The highest BCUT2D eigenvalue weighted by atomic mass is 16.6. The highest BCUT2D eigenvalue weighted by Gasteiger charge is 2.61. The molecule has 4 aliphatic carbocycles. The van der Waals surface area contributed by atoms with Crippen molar-refractivity contribution in [2.75, 3.05) is 0 Å². The quantitative estimate of drug-likeness (QED) is 0.627. The monoisotopic (exact) mass is 360 g/mol. The van der Waals surface area contributed by atoms with Crippen LogP contribution in [0.3, 0.4) is 0 Å². The summed E-state index contributed by atoms with van der Waals surface area (Å²) in [6, 6.07) is 0. The number of rotatable bonds is 2. The van der Waals surface area contributed by atoms with Crippen molar-refractivity contribution in [1.29, 1.82) is 0 Å². The third-order valence-corrected chi connectivity index (χ3v) is 9.52. The van der Waals surface area contributed by atoms with Crippen molar-refractivity contribution in [3.05, 3.63) is 0 Å². The lowest BCUT2D eigenvalue weighted by Gasteiger charge is -2.61. The van der Waals surface area contributed by atoms with Gasteiger partial charge in [0.05, 0.1) is 0 Å². The van der Waals surface area contributed by atoms with E-state index in [-0.39, 0.29) is 17.0 Å². The Kier molecular flexibility index (Phi) is 4.32. The van der Waals surface area contributed by atoms with Crippen LogP contribution < -0.4 is 0 Å². The van der Waals surface area contributed by atoms with E-state index in [2.05, 4.69) is 20.8 Å². The van der Waals surface area contributed by atoms with Gasteiger partial charge in [0, 0.05) is 18.8 Å². The molecule has 0 bridgehead atoms. The fourth-order valence-corrected chi connectivity index (χ4v) is 7.87. The van der Waals surface area contributed by atoms with Gasteiger partial charge in [-0.1, -0.05) is 20.8 Å². The van der Waals surface area contributed by atoms with Gasteiger partial charge < -0.3 is 4.74 Å². The fraction of sp³-hybridized carbons (Fsp3) is 0.913. The van der Waals surface area contributed by atoms with Crippen LogP contribution >= 0.6 is 0 Å². The molecule has 0 aromatic heterocycles. The molecule has 4 saturated carbocycles. The largest absolute Gasteiger partial charge is 0.459 e. The van der Waals surface area contributed by atoms with Gasteiger partial charge in [-0.05, 0) is 86.9 Å². The molecule has 0 unspecified atom stereocenters. The molecule has 0 aliphatic heterocycles. The van der Waals surface area contributed by atoms with Crippen LogP contribution in [0.1, 0.15) is 91.9 Å². The molecular formula is C23H36O3. The molecule has 4 rings (SSSR count). The molecule has 3 heteroatoms. The highest BCUT2D eigenvalue weighted by molar-refractivity contribution is 5.87. The number of Topliss-reactive ketones (excluding diaryl/α,β-unsaturated/α-hetero) is 1. The van der Waals surface area contributed by atoms with Gasteiger partial charge >= 0.3 is 5.97 Å². The van der Waals surface area contributed by atoms with E-state index in [1.165, 1.54) is 25.7 Å². The van der Waals surface area contributed by atoms with Crippen LogP contribution in [0.15, 0.2) is 0 Å². The molecule has 4 aliphatic rings. The zero-order valence-corrected chi connectivity index (χ0v) is 17.1. The Hall–Kier alpha value is -0.860. The van der Waals surface area contributed by atoms with E-state index in [4.69, 9.17) is 4.74 Å². The van der Waals surface area contributed by atoms with Gasteiger partial charge in [-0.25, -0.2) is 0 Å². The fourth-order valence-electron chi connectivity index (χ4n) is 7.87. The van der Waals surface area contributed by atoms with Crippen molar-refractivity contribution in [2.24, 2.45) is 34.5 Å². The summed E-state index contributed by atoms with van der Waals surface area (Å²) in [6.45, 7) is 8.52.